The fourth-order valence-electron chi connectivity index (χ4n) is 1.66. The number of amides is 2. The minimum atomic E-state index is -0.267. The van der Waals surface area contributed by atoms with Crippen LogP contribution < -0.4 is 10.6 Å². The van der Waals surface area contributed by atoms with Crippen LogP contribution in [0.2, 0.25) is 0 Å². The number of carbonyl (C=O) groups excluding carboxylic acids is 1. The summed E-state index contributed by atoms with van der Waals surface area (Å²) in [4.78, 5) is 11.5. The highest BCUT2D eigenvalue weighted by molar-refractivity contribution is 5.73. The van der Waals surface area contributed by atoms with Crippen molar-refractivity contribution in [2.24, 2.45) is 5.92 Å². The Morgan fingerprint density at radius 2 is 1.78 bits per heavy atom. The average molecular weight is 252 g/mol. The van der Waals surface area contributed by atoms with Crippen molar-refractivity contribution >= 4 is 6.03 Å². The summed E-state index contributed by atoms with van der Waals surface area (Å²) in [6, 6.07) is 5.93. The van der Waals surface area contributed by atoms with Gasteiger partial charge in [0.25, 0.3) is 0 Å². The summed E-state index contributed by atoms with van der Waals surface area (Å²) in [5.41, 5.74) is 0.883. The third kappa shape index (κ3) is 5.17. The molecule has 4 heteroatoms. The minimum absolute atomic E-state index is 0.175. The first-order chi connectivity index (χ1) is 8.65. The van der Waals surface area contributed by atoms with E-state index < -0.39 is 0 Å². The van der Waals surface area contributed by atoms with Crippen LogP contribution in [0.25, 0.3) is 0 Å². The maximum Gasteiger partial charge on any atom is 0.315 e. The Bertz CT molecular complexity index is 361. The molecule has 3 nitrogen and oxygen atoms in total. The van der Waals surface area contributed by atoms with Crippen molar-refractivity contribution in [1.82, 2.24) is 10.6 Å². The quantitative estimate of drug-likeness (QED) is 0.802. The molecule has 0 aromatic heterocycles. The van der Waals surface area contributed by atoms with E-state index in [1.54, 1.807) is 12.1 Å². The van der Waals surface area contributed by atoms with Gasteiger partial charge >= 0.3 is 6.03 Å². The zero-order valence-corrected chi connectivity index (χ0v) is 11.0. The molecular weight excluding hydrogens is 231 g/mol. The zero-order valence-electron chi connectivity index (χ0n) is 11.0. The van der Waals surface area contributed by atoms with Gasteiger partial charge in [0.1, 0.15) is 5.82 Å². The lowest BCUT2D eigenvalue weighted by Gasteiger charge is -2.13. The van der Waals surface area contributed by atoms with Crippen molar-refractivity contribution in [1.29, 1.82) is 0 Å². The third-order valence-electron chi connectivity index (χ3n) is 3.07. The van der Waals surface area contributed by atoms with Crippen molar-refractivity contribution in [3.63, 3.8) is 0 Å². The molecule has 2 amide bonds. The van der Waals surface area contributed by atoms with Crippen molar-refractivity contribution in [2.45, 2.75) is 33.2 Å². The predicted octanol–water partition coefficient (Wildman–Crippen LogP) is 3.06. The molecule has 0 saturated heterocycles. The number of hydrogen-bond donors (Lipinski definition) is 2. The number of carbonyl (C=O) groups is 1. The van der Waals surface area contributed by atoms with Gasteiger partial charge in [-0.1, -0.05) is 38.8 Å². The summed E-state index contributed by atoms with van der Waals surface area (Å²) in [5.74, 6) is 0.263. The predicted molar refractivity (Wildman–Crippen MR) is 70.7 cm³/mol. The molecule has 0 spiro atoms. The average Bonchev–Trinajstić information content (AvgIpc) is 2.39. The molecule has 1 aromatic rings. The Kier molecular flexibility index (Phi) is 6.19. The summed E-state index contributed by atoms with van der Waals surface area (Å²) >= 11 is 0. The zero-order chi connectivity index (χ0) is 13.4. The summed E-state index contributed by atoms with van der Waals surface area (Å²) in [7, 11) is 0. The molecule has 0 aliphatic heterocycles. The molecule has 1 aromatic carbocycles. The van der Waals surface area contributed by atoms with Crippen molar-refractivity contribution in [2.75, 3.05) is 6.54 Å². The van der Waals surface area contributed by atoms with Gasteiger partial charge in [-0.05, 0) is 23.6 Å². The molecule has 0 saturated carbocycles. The van der Waals surface area contributed by atoms with E-state index in [9.17, 15) is 9.18 Å². The lowest BCUT2D eigenvalue weighted by atomic mass is 10.0. The van der Waals surface area contributed by atoms with Gasteiger partial charge in [0, 0.05) is 13.1 Å². The highest BCUT2D eigenvalue weighted by atomic mass is 19.1. The maximum absolute atomic E-state index is 12.7. The van der Waals surface area contributed by atoms with Crippen LogP contribution in [0.5, 0.6) is 0 Å². The van der Waals surface area contributed by atoms with E-state index in [1.165, 1.54) is 12.1 Å². The van der Waals surface area contributed by atoms with Gasteiger partial charge in [0.05, 0.1) is 0 Å². The lowest BCUT2D eigenvalue weighted by molar-refractivity contribution is 0.238. The van der Waals surface area contributed by atoms with Crippen LogP contribution in [0, 0.1) is 11.7 Å². The molecule has 0 unspecified atom stereocenters. The normalized spacial score (nSPS) is 10.4. The van der Waals surface area contributed by atoms with Crippen LogP contribution >= 0.6 is 0 Å². The lowest BCUT2D eigenvalue weighted by Crippen LogP contribution is -2.37. The molecular formula is C14H21FN2O. The third-order valence-corrected chi connectivity index (χ3v) is 3.07. The monoisotopic (exact) mass is 252 g/mol. The Labute approximate surface area is 108 Å². The fourth-order valence-corrected chi connectivity index (χ4v) is 1.66. The molecule has 0 aliphatic rings. The van der Waals surface area contributed by atoms with E-state index in [1.807, 2.05) is 0 Å². The van der Waals surface area contributed by atoms with Crippen LogP contribution in [0.4, 0.5) is 9.18 Å². The maximum atomic E-state index is 12.7. The Hall–Kier alpha value is -1.58. The SMILES string of the molecule is CCC(CC)CNC(=O)NCc1ccc(F)cc1. The smallest absolute Gasteiger partial charge is 0.315 e. The molecule has 0 fully saturated rings. The molecule has 2 N–H and O–H groups in total. The molecule has 0 heterocycles. The number of benzene rings is 1. The van der Waals surface area contributed by atoms with Gasteiger partial charge in [-0.3, -0.25) is 0 Å². The largest absolute Gasteiger partial charge is 0.338 e. The first-order valence-electron chi connectivity index (χ1n) is 6.41. The molecule has 1 rings (SSSR count). The van der Waals surface area contributed by atoms with Crippen LogP contribution in [-0.4, -0.2) is 12.6 Å². The summed E-state index contributed by atoms with van der Waals surface area (Å²) in [5, 5.41) is 5.59. The summed E-state index contributed by atoms with van der Waals surface area (Å²) in [6.07, 6.45) is 2.13. The van der Waals surface area contributed by atoms with Crippen molar-refractivity contribution in [3.05, 3.63) is 35.6 Å². The minimum Gasteiger partial charge on any atom is -0.338 e. The van der Waals surface area contributed by atoms with E-state index >= 15 is 0 Å². The molecule has 0 atom stereocenters. The van der Waals surface area contributed by atoms with Gasteiger partial charge in [0.2, 0.25) is 0 Å². The highest BCUT2D eigenvalue weighted by Crippen LogP contribution is 2.05. The number of rotatable bonds is 6. The number of hydrogen-bond acceptors (Lipinski definition) is 1. The molecule has 0 radical (unpaired) electrons. The Balaban J connectivity index is 2.26. The highest BCUT2D eigenvalue weighted by Gasteiger charge is 2.05. The molecule has 100 valence electrons. The van der Waals surface area contributed by atoms with Crippen LogP contribution in [0.1, 0.15) is 32.3 Å². The van der Waals surface area contributed by atoms with E-state index in [0.29, 0.717) is 19.0 Å². The van der Waals surface area contributed by atoms with E-state index in [4.69, 9.17) is 0 Å². The number of halogens is 1. The first kappa shape index (κ1) is 14.5. The molecule has 0 bridgehead atoms. The van der Waals surface area contributed by atoms with E-state index in [2.05, 4.69) is 24.5 Å². The van der Waals surface area contributed by atoms with E-state index in [0.717, 1.165) is 18.4 Å². The number of urea groups is 1. The first-order valence-corrected chi connectivity index (χ1v) is 6.41. The number of nitrogens with one attached hydrogen (secondary N) is 2. The van der Waals surface area contributed by atoms with Gasteiger partial charge in [-0.2, -0.15) is 0 Å². The Morgan fingerprint density at radius 1 is 1.17 bits per heavy atom. The second kappa shape index (κ2) is 7.69. The second-order valence-electron chi connectivity index (χ2n) is 4.37. The van der Waals surface area contributed by atoms with E-state index in [-0.39, 0.29) is 11.8 Å². The van der Waals surface area contributed by atoms with Crippen LogP contribution in [0.15, 0.2) is 24.3 Å². The molecule has 18 heavy (non-hydrogen) atoms. The van der Waals surface area contributed by atoms with Gasteiger partial charge < -0.3 is 10.6 Å². The summed E-state index contributed by atoms with van der Waals surface area (Å²) in [6.45, 7) is 5.34. The van der Waals surface area contributed by atoms with Crippen molar-refractivity contribution < 1.29 is 9.18 Å². The van der Waals surface area contributed by atoms with Gasteiger partial charge in [-0.15, -0.1) is 0 Å². The van der Waals surface area contributed by atoms with Gasteiger partial charge in [0.15, 0.2) is 0 Å². The summed E-state index contributed by atoms with van der Waals surface area (Å²) < 4.78 is 12.7. The topological polar surface area (TPSA) is 41.1 Å². The fraction of sp³-hybridized carbons (Fsp3) is 0.500. The van der Waals surface area contributed by atoms with Crippen molar-refractivity contribution in [3.8, 4) is 0 Å². The standard InChI is InChI=1S/C14H21FN2O/c1-3-11(4-2)9-16-14(18)17-10-12-5-7-13(15)8-6-12/h5-8,11H,3-4,9-10H2,1-2H3,(H2,16,17,18). The second-order valence-corrected chi connectivity index (χ2v) is 4.37. The van der Waals surface area contributed by atoms with Gasteiger partial charge in [-0.25, -0.2) is 9.18 Å². The van der Waals surface area contributed by atoms with Crippen LogP contribution in [0.3, 0.4) is 0 Å². The van der Waals surface area contributed by atoms with Crippen LogP contribution in [-0.2, 0) is 6.54 Å². The Morgan fingerprint density at radius 3 is 2.33 bits per heavy atom. The molecule has 0 aliphatic carbocycles.